The largest absolute Gasteiger partial charge is 0.458 e. The van der Waals surface area contributed by atoms with Crippen LogP contribution < -0.4 is 0 Å². The molecule has 2 nitrogen and oxygen atoms in total. The third-order valence-electron chi connectivity index (χ3n) is 3.22. The first-order valence-corrected chi connectivity index (χ1v) is 6.55. The van der Waals surface area contributed by atoms with Crippen molar-refractivity contribution in [1.82, 2.24) is 0 Å². The molecular formula is C16H12ClFO2. The maximum Gasteiger partial charge on any atom is 0.138 e. The molecule has 102 valence electrons. The van der Waals surface area contributed by atoms with E-state index < -0.39 is 11.9 Å². The van der Waals surface area contributed by atoms with E-state index in [0.717, 1.165) is 10.9 Å². The van der Waals surface area contributed by atoms with Crippen molar-refractivity contribution in [1.29, 1.82) is 0 Å². The van der Waals surface area contributed by atoms with E-state index in [2.05, 4.69) is 0 Å². The van der Waals surface area contributed by atoms with E-state index in [1.54, 1.807) is 6.07 Å². The van der Waals surface area contributed by atoms with Crippen LogP contribution >= 0.6 is 11.6 Å². The molecule has 0 aliphatic heterocycles. The van der Waals surface area contributed by atoms with E-state index in [4.69, 9.17) is 16.0 Å². The van der Waals surface area contributed by atoms with Crippen LogP contribution in [0.2, 0.25) is 5.02 Å². The number of aryl methyl sites for hydroxylation is 1. The summed E-state index contributed by atoms with van der Waals surface area (Å²) in [7, 11) is 0. The van der Waals surface area contributed by atoms with Gasteiger partial charge in [0.25, 0.3) is 0 Å². The molecule has 1 N–H and O–H groups in total. The molecule has 0 bridgehead atoms. The summed E-state index contributed by atoms with van der Waals surface area (Å²) >= 11 is 5.96. The van der Waals surface area contributed by atoms with Crippen molar-refractivity contribution in [3.63, 3.8) is 0 Å². The standard InChI is InChI=1S/C16H12ClFO2/c1-9-2-5-14-10(6-9)7-15(20-14)16(19)12-4-3-11(18)8-13(12)17/h2-8,16,19H,1H3. The first kappa shape index (κ1) is 13.2. The SMILES string of the molecule is Cc1ccc2oc(C(O)c3ccc(F)cc3Cl)cc2c1. The summed E-state index contributed by atoms with van der Waals surface area (Å²) in [5.74, 6) is -0.0507. The third kappa shape index (κ3) is 2.30. The third-order valence-corrected chi connectivity index (χ3v) is 3.54. The van der Waals surface area contributed by atoms with Gasteiger partial charge in [0.15, 0.2) is 0 Å². The molecular weight excluding hydrogens is 279 g/mol. The number of fused-ring (bicyclic) bond motifs is 1. The molecule has 1 atom stereocenters. The molecule has 20 heavy (non-hydrogen) atoms. The maximum atomic E-state index is 13.0. The van der Waals surface area contributed by atoms with Crippen molar-refractivity contribution in [2.24, 2.45) is 0 Å². The Bertz CT molecular complexity index is 779. The van der Waals surface area contributed by atoms with Gasteiger partial charge in [0.2, 0.25) is 0 Å². The van der Waals surface area contributed by atoms with Gasteiger partial charge < -0.3 is 9.52 Å². The molecule has 1 unspecified atom stereocenters. The van der Waals surface area contributed by atoms with Gasteiger partial charge in [-0.25, -0.2) is 4.39 Å². The van der Waals surface area contributed by atoms with Crippen LogP contribution in [0.1, 0.15) is 23.0 Å². The van der Waals surface area contributed by atoms with Crippen molar-refractivity contribution in [2.75, 3.05) is 0 Å². The van der Waals surface area contributed by atoms with Crippen molar-refractivity contribution >= 4 is 22.6 Å². The number of hydrogen-bond donors (Lipinski definition) is 1. The van der Waals surface area contributed by atoms with Crippen LogP contribution in [-0.2, 0) is 0 Å². The Labute approximate surface area is 120 Å². The number of hydrogen-bond acceptors (Lipinski definition) is 2. The predicted molar refractivity (Wildman–Crippen MR) is 76.4 cm³/mol. The lowest BCUT2D eigenvalue weighted by molar-refractivity contribution is 0.192. The molecule has 3 aromatic rings. The molecule has 0 amide bonds. The number of halogens is 2. The highest BCUT2D eigenvalue weighted by molar-refractivity contribution is 6.31. The predicted octanol–water partition coefficient (Wildman–Crippen LogP) is 4.62. The second-order valence-electron chi connectivity index (χ2n) is 4.76. The molecule has 0 fully saturated rings. The van der Waals surface area contributed by atoms with Gasteiger partial charge in [0.1, 0.15) is 23.3 Å². The summed E-state index contributed by atoms with van der Waals surface area (Å²) in [4.78, 5) is 0. The lowest BCUT2D eigenvalue weighted by atomic mass is 10.1. The molecule has 0 radical (unpaired) electrons. The fourth-order valence-electron chi connectivity index (χ4n) is 2.19. The van der Waals surface area contributed by atoms with Gasteiger partial charge in [-0.15, -0.1) is 0 Å². The summed E-state index contributed by atoms with van der Waals surface area (Å²) in [6.07, 6.45) is -1.02. The normalized spacial score (nSPS) is 12.8. The number of furan rings is 1. The zero-order chi connectivity index (χ0) is 14.3. The van der Waals surface area contributed by atoms with Gasteiger partial charge in [-0.1, -0.05) is 29.3 Å². The molecule has 0 saturated heterocycles. The van der Waals surface area contributed by atoms with Crippen LogP contribution in [0, 0.1) is 12.7 Å². The van der Waals surface area contributed by atoms with Crippen LogP contribution in [0.3, 0.4) is 0 Å². The Balaban J connectivity index is 2.05. The van der Waals surface area contributed by atoms with Crippen molar-refractivity contribution in [2.45, 2.75) is 13.0 Å². The topological polar surface area (TPSA) is 33.4 Å². The average molecular weight is 291 g/mol. The first-order chi connectivity index (χ1) is 9.54. The average Bonchev–Trinajstić information content (AvgIpc) is 2.81. The summed E-state index contributed by atoms with van der Waals surface area (Å²) in [6.45, 7) is 1.99. The second-order valence-corrected chi connectivity index (χ2v) is 5.17. The Hall–Kier alpha value is -1.84. The maximum absolute atomic E-state index is 13.0. The van der Waals surface area contributed by atoms with Crippen molar-refractivity contribution < 1.29 is 13.9 Å². The highest BCUT2D eigenvalue weighted by Gasteiger charge is 2.18. The molecule has 0 aliphatic rings. The lowest BCUT2D eigenvalue weighted by Crippen LogP contribution is -1.99. The summed E-state index contributed by atoms with van der Waals surface area (Å²) in [5.41, 5.74) is 2.23. The van der Waals surface area contributed by atoms with E-state index >= 15 is 0 Å². The minimum atomic E-state index is -1.02. The van der Waals surface area contributed by atoms with Crippen LogP contribution in [0.4, 0.5) is 4.39 Å². The van der Waals surface area contributed by atoms with Crippen LogP contribution in [0.15, 0.2) is 46.9 Å². The molecule has 3 rings (SSSR count). The first-order valence-electron chi connectivity index (χ1n) is 6.18. The summed E-state index contributed by atoms with van der Waals surface area (Å²) in [6, 6.07) is 11.4. The molecule has 0 aliphatic carbocycles. The minimum Gasteiger partial charge on any atom is -0.458 e. The van der Waals surface area contributed by atoms with Crippen LogP contribution in [-0.4, -0.2) is 5.11 Å². The fraction of sp³-hybridized carbons (Fsp3) is 0.125. The van der Waals surface area contributed by atoms with Gasteiger partial charge in [-0.2, -0.15) is 0 Å². The molecule has 0 spiro atoms. The van der Waals surface area contributed by atoms with Crippen molar-refractivity contribution in [3.8, 4) is 0 Å². The molecule has 2 aromatic carbocycles. The van der Waals surface area contributed by atoms with E-state index in [1.165, 1.54) is 18.2 Å². The highest BCUT2D eigenvalue weighted by atomic mass is 35.5. The van der Waals surface area contributed by atoms with E-state index in [1.807, 2.05) is 25.1 Å². The molecule has 4 heteroatoms. The van der Waals surface area contributed by atoms with E-state index in [9.17, 15) is 9.50 Å². The Morgan fingerprint density at radius 1 is 1.15 bits per heavy atom. The molecule has 0 saturated carbocycles. The monoisotopic (exact) mass is 290 g/mol. The van der Waals surface area contributed by atoms with Gasteiger partial charge >= 0.3 is 0 Å². The van der Waals surface area contributed by atoms with Gasteiger partial charge in [0, 0.05) is 16.0 Å². The molecule has 1 heterocycles. The minimum absolute atomic E-state index is 0.175. The summed E-state index contributed by atoms with van der Waals surface area (Å²) < 4.78 is 18.7. The van der Waals surface area contributed by atoms with E-state index in [-0.39, 0.29) is 5.02 Å². The van der Waals surface area contributed by atoms with Gasteiger partial charge in [0.05, 0.1) is 0 Å². The quantitative estimate of drug-likeness (QED) is 0.747. The Morgan fingerprint density at radius 3 is 2.70 bits per heavy atom. The van der Waals surface area contributed by atoms with Crippen LogP contribution in [0.25, 0.3) is 11.0 Å². The Morgan fingerprint density at radius 2 is 1.95 bits per heavy atom. The fourth-order valence-corrected chi connectivity index (χ4v) is 2.47. The smallest absolute Gasteiger partial charge is 0.138 e. The number of aliphatic hydroxyl groups excluding tert-OH is 1. The zero-order valence-corrected chi connectivity index (χ0v) is 11.5. The number of aliphatic hydroxyl groups is 1. The molecule has 1 aromatic heterocycles. The van der Waals surface area contributed by atoms with Crippen molar-refractivity contribution in [3.05, 3.63) is 70.2 Å². The highest BCUT2D eigenvalue weighted by Crippen LogP contribution is 2.32. The lowest BCUT2D eigenvalue weighted by Gasteiger charge is -2.09. The van der Waals surface area contributed by atoms with Gasteiger partial charge in [-0.05, 0) is 37.3 Å². The number of rotatable bonds is 2. The van der Waals surface area contributed by atoms with Crippen LogP contribution in [0.5, 0.6) is 0 Å². The summed E-state index contributed by atoms with van der Waals surface area (Å²) in [5, 5.41) is 11.4. The number of benzene rings is 2. The van der Waals surface area contributed by atoms with Gasteiger partial charge in [-0.3, -0.25) is 0 Å². The van der Waals surface area contributed by atoms with E-state index in [0.29, 0.717) is 16.9 Å². The zero-order valence-electron chi connectivity index (χ0n) is 10.7. The second kappa shape index (κ2) is 4.93. The Kier molecular flexibility index (Phi) is 3.24.